The second-order valence-electron chi connectivity index (χ2n) is 5.26. The highest BCUT2D eigenvalue weighted by Crippen LogP contribution is 2.31. The normalized spacial score (nSPS) is 20.3. The molecule has 2 aliphatic rings. The summed E-state index contributed by atoms with van der Waals surface area (Å²) in [5.74, 6) is 1.13. The summed E-state index contributed by atoms with van der Waals surface area (Å²) < 4.78 is 0. The molecule has 5 heteroatoms. The van der Waals surface area contributed by atoms with Gasteiger partial charge in [0.05, 0.1) is 11.3 Å². The van der Waals surface area contributed by atoms with Crippen LogP contribution in [0, 0.1) is 6.92 Å². The van der Waals surface area contributed by atoms with Crippen molar-refractivity contribution in [3.05, 3.63) is 28.4 Å². The zero-order chi connectivity index (χ0) is 13.4. The van der Waals surface area contributed by atoms with E-state index in [9.17, 15) is 0 Å². The first-order chi connectivity index (χ1) is 9.13. The van der Waals surface area contributed by atoms with Gasteiger partial charge >= 0.3 is 0 Å². The van der Waals surface area contributed by atoms with Gasteiger partial charge in [-0.3, -0.25) is 0 Å². The van der Waals surface area contributed by atoms with Crippen LogP contribution in [0.2, 0.25) is 0 Å². The summed E-state index contributed by atoms with van der Waals surface area (Å²) in [7, 11) is 2.18. The van der Waals surface area contributed by atoms with Gasteiger partial charge in [-0.25, -0.2) is 4.99 Å². The number of hydrogen-bond acceptors (Lipinski definition) is 5. The SMILES string of the molecule is CC1=CNc2sc(C)cc2C(N2CCN(C)CC2)=N1. The number of nitrogens with one attached hydrogen (secondary N) is 1. The van der Waals surface area contributed by atoms with Crippen LogP contribution in [-0.2, 0) is 0 Å². The van der Waals surface area contributed by atoms with Gasteiger partial charge in [-0.15, -0.1) is 11.3 Å². The van der Waals surface area contributed by atoms with Crippen molar-refractivity contribution in [1.82, 2.24) is 9.80 Å². The van der Waals surface area contributed by atoms with Crippen molar-refractivity contribution in [1.29, 1.82) is 0 Å². The molecule has 0 unspecified atom stereocenters. The number of nitrogens with zero attached hydrogens (tertiary/aromatic N) is 3. The fourth-order valence-corrected chi connectivity index (χ4v) is 3.35. The zero-order valence-electron chi connectivity index (χ0n) is 11.7. The first kappa shape index (κ1) is 12.7. The summed E-state index contributed by atoms with van der Waals surface area (Å²) in [5, 5.41) is 4.59. The van der Waals surface area contributed by atoms with Gasteiger partial charge in [-0.2, -0.15) is 0 Å². The maximum absolute atomic E-state index is 4.81. The van der Waals surface area contributed by atoms with E-state index in [1.807, 2.05) is 13.1 Å². The molecule has 0 spiro atoms. The second-order valence-corrected chi connectivity index (χ2v) is 6.51. The molecule has 1 N–H and O–H groups in total. The average Bonchev–Trinajstić information content (AvgIpc) is 2.69. The quantitative estimate of drug-likeness (QED) is 0.789. The lowest BCUT2D eigenvalue weighted by atomic mass is 10.2. The van der Waals surface area contributed by atoms with Crippen molar-refractivity contribution >= 4 is 22.2 Å². The third kappa shape index (κ3) is 2.53. The maximum Gasteiger partial charge on any atom is 0.139 e. The van der Waals surface area contributed by atoms with Crippen molar-refractivity contribution < 1.29 is 0 Å². The Morgan fingerprint density at radius 3 is 2.68 bits per heavy atom. The highest BCUT2D eigenvalue weighted by Gasteiger charge is 2.23. The number of aliphatic imine (C=N–C) groups is 1. The Labute approximate surface area is 118 Å². The molecule has 3 rings (SSSR count). The van der Waals surface area contributed by atoms with E-state index in [0.717, 1.165) is 37.7 Å². The van der Waals surface area contributed by atoms with E-state index in [4.69, 9.17) is 4.99 Å². The van der Waals surface area contributed by atoms with E-state index in [-0.39, 0.29) is 0 Å². The third-order valence-corrected chi connectivity index (χ3v) is 4.58. The van der Waals surface area contributed by atoms with E-state index >= 15 is 0 Å². The molecule has 0 aliphatic carbocycles. The Kier molecular flexibility index (Phi) is 3.33. The van der Waals surface area contributed by atoms with Crippen LogP contribution in [0.5, 0.6) is 0 Å². The molecular weight excluding hydrogens is 256 g/mol. The number of rotatable bonds is 0. The lowest BCUT2D eigenvalue weighted by Gasteiger charge is -2.34. The van der Waals surface area contributed by atoms with E-state index in [1.165, 1.54) is 15.4 Å². The van der Waals surface area contributed by atoms with Crippen LogP contribution < -0.4 is 5.32 Å². The van der Waals surface area contributed by atoms with Crippen LogP contribution in [0.3, 0.4) is 0 Å². The van der Waals surface area contributed by atoms with Gasteiger partial charge in [-0.05, 0) is 27.0 Å². The summed E-state index contributed by atoms with van der Waals surface area (Å²) in [6, 6.07) is 2.25. The largest absolute Gasteiger partial charge is 0.353 e. The number of likely N-dealkylation sites (N-methyl/N-ethyl adjacent to an activating group) is 1. The predicted molar refractivity (Wildman–Crippen MR) is 82.0 cm³/mol. The van der Waals surface area contributed by atoms with Crippen molar-refractivity contribution in [2.75, 3.05) is 38.5 Å². The molecule has 0 amide bonds. The molecule has 0 radical (unpaired) electrons. The minimum atomic E-state index is 1.04. The number of hydrogen-bond donors (Lipinski definition) is 1. The van der Waals surface area contributed by atoms with Gasteiger partial charge in [-0.1, -0.05) is 0 Å². The highest BCUT2D eigenvalue weighted by atomic mass is 32.1. The van der Waals surface area contributed by atoms with Crippen LogP contribution in [0.15, 0.2) is 23.0 Å². The third-order valence-electron chi connectivity index (χ3n) is 3.59. The lowest BCUT2D eigenvalue weighted by Crippen LogP contribution is -2.47. The molecule has 0 saturated carbocycles. The summed E-state index contributed by atoms with van der Waals surface area (Å²) >= 11 is 1.80. The summed E-state index contributed by atoms with van der Waals surface area (Å²) in [6.07, 6.45) is 2.00. The van der Waals surface area contributed by atoms with E-state index < -0.39 is 0 Å². The van der Waals surface area contributed by atoms with Crippen LogP contribution in [0.1, 0.15) is 17.4 Å². The number of aryl methyl sites for hydroxylation is 1. The summed E-state index contributed by atoms with van der Waals surface area (Å²) in [5.41, 5.74) is 2.29. The Bertz CT molecular complexity index is 536. The first-order valence-electron chi connectivity index (χ1n) is 6.70. The van der Waals surface area contributed by atoms with Gasteiger partial charge in [0.1, 0.15) is 10.8 Å². The molecule has 2 aliphatic heterocycles. The molecule has 0 aromatic carbocycles. The first-order valence-corrected chi connectivity index (χ1v) is 7.51. The van der Waals surface area contributed by atoms with Crippen LogP contribution >= 0.6 is 11.3 Å². The molecule has 4 nitrogen and oxygen atoms in total. The van der Waals surface area contributed by atoms with Gasteiger partial charge in [0, 0.05) is 37.3 Å². The van der Waals surface area contributed by atoms with Gasteiger partial charge in [0.25, 0.3) is 0 Å². The molecule has 1 aromatic heterocycles. The van der Waals surface area contributed by atoms with Gasteiger partial charge in [0.15, 0.2) is 0 Å². The molecule has 0 atom stereocenters. The van der Waals surface area contributed by atoms with E-state index in [2.05, 4.69) is 35.2 Å². The lowest BCUT2D eigenvalue weighted by molar-refractivity contribution is 0.215. The molecule has 1 aromatic rings. The fraction of sp³-hybridized carbons (Fsp3) is 0.500. The number of anilines is 1. The van der Waals surface area contributed by atoms with Crippen molar-refractivity contribution in [2.24, 2.45) is 4.99 Å². The highest BCUT2D eigenvalue weighted by molar-refractivity contribution is 7.16. The maximum atomic E-state index is 4.81. The Hall–Kier alpha value is -1.33. The number of thiophene rings is 1. The standard InChI is InChI=1S/C14H20N4S/c1-10-9-15-14-12(8-11(2)19-14)13(16-10)18-6-4-17(3)5-7-18/h8-9,15H,4-7H2,1-3H3. The minimum absolute atomic E-state index is 1.04. The van der Waals surface area contributed by atoms with Crippen LogP contribution in [0.4, 0.5) is 5.00 Å². The molecule has 0 bridgehead atoms. The van der Waals surface area contributed by atoms with Crippen molar-refractivity contribution in [2.45, 2.75) is 13.8 Å². The van der Waals surface area contributed by atoms with E-state index in [0.29, 0.717) is 0 Å². The van der Waals surface area contributed by atoms with Gasteiger partial charge < -0.3 is 15.1 Å². The number of amidine groups is 1. The number of piperazine rings is 1. The molecular formula is C14H20N4S. The molecule has 1 saturated heterocycles. The minimum Gasteiger partial charge on any atom is -0.353 e. The zero-order valence-corrected chi connectivity index (χ0v) is 12.5. The molecule has 102 valence electrons. The monoisotopic (exact) mass is 276 g/mol. The second kappa shape index (κ2) is 4.98. The van der Waals surface area contributed by atoms with Crippen molar-refractivity contribution in [3.63, 3.8) is 0 Å². The van der Waals surface area contributed by atoms with E-state index in [1.54, 1.807) is 11.3 Å². The molecule has 3 heterocycles. The smallest absolute Gasteiger partial charge is 0.139 e. The number of allylic oxidation sites excluding steroid dienone is 1. The Morgan fingerprint density at radius 1 is 1.21 bits per heavy atom. The molecule has 19 heavy (non-hydrogen) atoms. The topological polar surface area (TPSA) is 30.9 Å². The van der Waals surface area contributed by atoms with Crippen molar-refractivity contribution in [3.8, 4) is 0 Å². The van der Waals surface area contributed by atoms with Gasteiger partial charge in [0.2, 0.25) is 0 Å². The Balaban J connectivity index is 1.95. The summed E-state index contributed by atoms with van der Waals surface area (Å²) in [6.45, 7) is 8.51. The summed E-state index contributed by atoms with van der Waals surface area (Å²) in [4.78, 5) is 10.9. The fourth-order valence-electron chi connectivity index (χ4n) is 2.48. The molecule has 1 fully saturated rings. The predicted octanol–water partition coefficient (Wildman–Crippen LogP) is 2.34. The van der Waals surface area contributed by atoms with Crippen LogP contribution in [0.25, 0.3) is 0 Å². The average molecular weight is 276 g/mol. The van der Waals surface area contributed by atoms with Crippen LogP contribution in [-0.4, -0.2) is 48.9 Å². The Morgan fingerprint density at radius 2 is 1.95 bits per heavy atom. The number of fused-ring (bicyclic) bond motifs is 1.